The van der Waals surface area contributed by atoms with Gasteiger partial charge in [0.05, 0.1) is 22.4 Å². The van der Waals surface area contributed by atoms with Crippen molar-refractivity contribution in [3.8, 4) is 6.07 Å². The molecule has 116 valence electrons. The smallest absolute Gasteiger partial charge is 0.308 e. The van der Waals surface area contributed by atoms with Crippen LogP contribution in [0.1, 0.15) is 30.4 Å². The summed E-state index contributed by atoms with van der Waals surface area (Å²) in [5.74, 6) is -1.55. The lowest BCUT2D eigenvalue weighted by Crippen LogP contribution is -2.38. The third-order valence-corrected chi connectivity index (χ3v) is 6.79. The molecular formula is C15H16N2O4S. The number of hydrogen-bond donors (Lipinski definition) is 1. The maximum absolute atomic E-state index is 12.9. The highest BCUT2D eigenvalue weighted by atomic mass is 32.2. The van der Waals surface area contributed by atoms with E-state index in [2.05, 4.69) is 0 Å². The minimum Gasteiger partial charge on any atom is -0.481 e. The fourth-order valence-corrected chi connectivity index (χ4v) is 5.83. The summed E-state index contributed by atoms with van der Waals surface area (Å²) in [4.78, 5) is 11.5. The van der Waals surface area contributed by atoms with Gasteiger partial charge in [0.15, 0.2) is 0 Å². The van der Waals surface area contributed by atoms with Crippen molar-refractivity contribution >= 4 is 16.0 Å². The molecule has 0 amide bonds. The molecule has 1 aromatic rings. The average Bonchev–Trinajstić information content (AvgIpc) is 3.05. The molecule has 1 N–H and O–H groups in total. The van der Waals surface area contributed by atoms with Crippen LogP contribution in [0.2, 0.25) is 0 Å². The molecule has 22 heavy (non-hydrogen) atoms. The molecule has 0 aliphatic carbocycles. The van der Waals surface area contributed by atoms with Crippen LogP contribution in [0.4, 0.5) is 0 Å². The fraction of sp³-hybridized carbons (Fsp3) is 0.467. The van der Waals surface area contributed by atoms with Crippen LogP contribution < -0.4 is 0 Å². The van der Waals surface area contributed by atoms with E-state index in [0.717, 1.165) is 0 Å². The highest BCUT2D eigenvalue weighted by molar-refractivity contribution is 7.89. The van der Waals surface area contributed by atoms with Crippen molar-refractivity contribution in [2.45, 2.75) is 43.2 Å². The van der Waals surface area contributed by atoms with E-state index in [9.17, 15) is 18.3 Å². The molecule has 2 fully saturated rings. The van der Waals surface area contributed by atoms with E-state index < -0.39 is 28.0 Å². The standard InChI is InChI=1S/C15H16N2O4S/c1-9-6-10(8-16)2-5-14(9)22(20,21)17-11-3-4-13(17)12(7-11)15(18)19/h2,5-6,11-13H,3-4,7H2,1H3,(H,18,19). The molecule has 7 heteroatoms. The van der Waals surface area contributed by atoms with Crippen molar-refractivity contribution in [3.05, 3.63) is 29.3 Å². The van der Waals surface area contributed by atoms with Gasteiger partial charge in [-0.1, -0.05) is 0 Å². The van der Waals surface area contributed by atoms with Gasteiger partial charge in [-0.2, -0.15) is 9.57 Å². The first kappa shape index (κ1) is 15.0. The largest absolute Gasteiger partial charge is 0.481 e. The number of carboxylic acid groups (broad SMARTS) is 1. The molecule has 0 spiro atoms. The zero-order valence-corrected chi connectivity index (χ0v) is 12.9. The molecule has 2 bridgehead atoms. The summed E-state index contributed by atoms with van der Waals surface area (Å²) < 4.78 is 27.3. The van der Waals surface area contributed by atoms with Crippen LogP contribution in [-0.2, 0) is 14.8 Å². The second kappa shape index (κ2) is 5.07. The van der Waals surface area contributed by atoms with Gasteiger partial charge in [-0.25, -0.2) is 8.42 Å². The molecule has 3 rings (SSSR count). The maximum atomic E-state index is 12.9. The molecule has 2 heterocycles. The Bertz CT molecular complexity index is 781. The summed E-state index contributed by atoms with van der Waals surface area (Å²) in [6.45, 7) is 1.65. The van der Waals surface area contributed by atoms with E-state index in [0.29, 0.717) is 30.4 Å². The maximum Gasteiger partial charge on any atom is 0.308 e. The van der Waals surface area contributed by atoms with Crippen LogP contribution in [0.25, 0.3) is 0 Å². The Hall–Kier alpha value is -1.91. The van der Waals surface area contributed by atoms with Crippen molar-refractivity contribution in [2.24, 2.45) is 5.92 Å². The van der Waals surface area contributed by atoms with Crippen LogP contribution in [0.3, 0.4) is 0 Å². The van der Waals surface area contributed by atoms with E-state index in [1.807, 2.05) is 6.07 Å². The molecule has 0 aromatic heterocycles. The van der Waals surface area contributed by atoms with Crippen LogP contribution in [0, 0.1) is 24.2 Å². The Morgan fingerprint density at radius 2 is 2.14 bits per heavy atom. The predicted molar refractivity (Wildman–Crippen MR) is 77.5 cm³/mol. The van der Waals surface area contributed by atoms with E-state index in [-0.39, 0.29) is 10.9 Å². The SMILES string of the molecule is Cc1cc(C#N)ccc1S(=O)(=O)N1C2CCC1C(C(=O)O)C2. The predicted octanol–water partition coefficient (Wildman–Crippen LogP) is 1.49. The Morgan fingerprint density at radius 3 is 2.68 bits per heavy atom. The number of rotatable bonds is 3. The summed E-state index contributed by atoms with van der Waals surface area (Å²) in [5, 5.41) is 18.1. The molecule has 2 aliphatic heterocycles. The number of aryl methyl sites for hydroxylation is 1. The molecule has 0 saturated carbocycles. The van der Waals surface area contributed by atoms with Crippen LogP contribution in [0.5, 0.6) is 0 Å². The molecule has 2 aliphatic rings. The Labute approximate surface area is 129 Å². The minimum absolute atomic E-state index is 0.162. The van der Waals surface area contributed by atoms with Gasteiger partial charge in [0.2, 0.25) is 10.0 Å². The monoisotopic (exact) mass is 320 g/mol. The van der Waals surface area contributed by atoms with Crippen molar-refractivity contribution in [3.63, 3.8) is 0 Å². The number of nitriles is 1. The lowest BCUT2D eigenvalue weighted by molar-refractivity contribution is -0.142. The number of sulfonamides is 1. The van der Waals surface area contributed by atoms with Gasteiger partial charge in [-0.3, -0.25) is 4.79 Å². The minimum atomic E-state index is -3.74. The van der Waals surface area contributed by atoms with Crippen molar-refractivity contribution in [2.75, 3.05) is 0 Å². The second-order valence-electron chi connectivity index (χ2n) is 5.91. The number of hydrogen-bond acceptors (Lipinski definition) is 4. The highest BCUT2D eigenvalue weighted by Crippen LogP contribution is 2.45. The summed E-state index contributed by atoms with van der Waals surface area (Å²) in [7, 11) is -3.74. The number of fused-ring (bicyclic) bond motifs is 2. The van der Waals surface area contributed by atoms with Gasteiger partial charge < -0.3 is 5.11 Å². The zero-order chi connectivity index (χ0) is 16.1. The first-order valence-corrected chi connectivity index (χ1v) is 8.57. The second-order valence-corrected chi connectivity index (χ2v) is 7.72. The average molecular weight is 320 g/mol. The van der Waals surface area contributed by atoms with Gasteiger partial charge in [0.1, 0.15) is 0 Å². The summed E-state index contributed by atoms with van der Waals surface area (Å²) in [5.41, 5.74) is 0.918. The van der Waals surface area contributed by atoms with Gasteiger partial charge in [0.25, 0.3) is 0 Å². The molecule has 2 saturated heterocycles. The lowest BCUT2D eigenvalue weighted by atomic mass is 9.89. The van der Waals surface area contributed by atoms with E-state index in [4.69, 9.17) is 5.26 Å². The van der Waals surface area contributed by atoms with E-state index in [1.165, 1.54) is 16.4 Å². The Kier molecular flexibility index (Phi) is 3.46. The fourth-order valence-electron chi connectivity index (χ4n) is 3.70. The quantitative estimate of drug-likeness (QED) is 0.910. The third-order valence-electron chi connectivity index (χ3n) is 4.65. The summed E-state index contributed by atoms with van der Waals surface area (Å²) in [6, 6.07) is 5.76. The van der Waals surface area contributed by atoms with Gasteiger partial charge >= 0.3 is 5.97 Å². The number of carboxylic acids is 1. The number of aliphatic carboxylic acids is 1. The normalized spacial score (nSPS) is 27.7. The molecule has 3 unspecified atom stereocenters. The number of benzene rings is 1. The first-order chi connectivity index (χ1) is 10.4. The molecule has 3 atom stereocenters. The third kappa shape index (κ3) is 2.11. The molecular weight excluding hydrogens is 304 g/mol. The topological polar surface area (TPSA) is 98.5 Å². The lowest BCUT2D eigenvalue weighted by Gasteiger charge is -2.23. The Balaban J connectivity index is 2.01. The van der Waals surface area contributed by atoms with Gasteiger partial charge in [-0.15, -0.1) is 0 Å². The van der Waals surface area contributed by atoms with Crippen molar-refractivity contribution < 1.29 is 18.3 Å². The molecule has 6 nitrogen and oxygen atoms in total. The number of nitrogens with zero attached hydrogens (tertiary/aromatic N) is 2. The first-order valence-electron chi connectivity index (χ1n) is 7.13. The highest BCUT2D eigenvalue weighted by Gasteiger charge is 2.54. The Morgan fingerprint density at radius 1 is 1.41 bits per heavy atom. The molecule has 1 aromatic carbocycles. The molecule has 0 radical (unpaired) electrons. The van der Waals surface area contributed by atoms with Crippen molar-refractivity contribution in [1.82, 2.24) is 4.31 Å². The van der Waals surface area contributed by atoms with Crippen LogP contribution in [-0.4, -0.2) is 35.9 Å². The van der Waals surface area contributed by atoms with Gasteiger partial charge in [-0.05, 0) is 49.9 Å². The van der Waals surface area contributed by atoms with Crippen molar-refractivity contribution in [1.29, 1.82) is 5.26 Å². The summed E-state index contributed by atoms with van der Waals surface area (Å²) in [6.07, 6.45) is 1.69. The van der Waals surface area contributed by atoms with E-state index >= 15 is 0 Å². The number of carbonyl (C=O) groups is 1. The zero-order valence-electron chi connectivity index (χ0n) is 12.1. The summed E-state index contributed by atoms with van der Waals surface area (Å²) >= 11 is 0. The van der Waals surface area contributed by atoms with Crippen LogP contribution in [0.15, 0.2) is 23.1 Å². The van der Waals surface area contributed by atoms with E-state index in [1.54, 1.807) is 13.0 Å². The van der Waals surface area contributed by atoms with Gasteiger partial charge in [0, 0.05) is 12.1 Å². The van der Waals surface area contributed by atoms with Crippen LogP contribution >= 0.6 is 0 Å².